The van der Waals surface area contributed by atoms with Crippen molar-refractivity contribution in [2.24, 2.45) is 0 Å². The number of hydroxylamine groups is 1. The molecule has 2 rings (SSSR count). The van der Waals surface area contributed by atoms with Crippen molar-refractivity contribution in [3.8, 4) is 11.1 Å². The van der Waals surface area contributed by atoms with E-state index in [0.29, 0.717) is 25.9 Å². The van der Waals surface area contributed by atoms with Crippen molar-refractivity contribution in [3.05, 3.63) is 59.7 Å². The minimum atomic E-state index is -0.559. The Morgan fingerprint density at radius 1 is 1.04 bits per heavy atom. The Morgan fingerprint density at radius 2 is 1.67 bits per heavy atom. The van der Waals surface area contributed by atoms with Gasteiger partial charge in [-0.25, -0.2) is 5.48 Å². The molecule has 27 heavy (non-hydrogen) atoms. The highest BCUT2D eigenvalue weighted by Crippen LogP contribution is 2.25. The van der Waals surface area contributed by atoms with Crippen LogP contribution < -0.4 is 5.48 Å². The van der Waals surface area contributed by atoms with Crippen LogP contribution in [0.15, 0.2) is 48.5 Å². The fourth-order valence-electron chi connectivity index (χ4n) is 2.78. The summed E-state index contributed by atoms with van der Waals surface area (Å²) in [5, 5.41) is 18.7. The monoisotopic (exact) mass is 373 g/mol. The summed E-state index contributed by atoms with van der Waals surface area (Å²) in [5.41, 5.74) is 5.72. The van der Waals surface area contributed by atoms with Crippen LogP contribution in [0.4, 0.5) is 0 Å². The van der Waals surface area contributed by atoms with Gasteiger partial charge in [0, 0.05) is 13.5 Å². The Balaban J connectivity index is 1.85. The quantitative estimate of drug-likeness (QED) is 0.243. The minimum absolute atomic E-state index is 0.259. The fourth-order valence-corrected chi connectivity index (χ4v) is 2.78. The lowest BCUT2D eigenvalue weighted by atomic mass is 9.98. The van der Waals surface area contributed by atoms with Crippen LogP contribution in [0.1, 0.15) is 42.9 Å². The molecule has 0 fully saturated rings. The highest BCUT2D eigenvalue weighted by Gasteiger charge is 2.08. The second-order valence-corrected chi connectivity index (χ2v) is 6.37. The predicted molar refractivity (Wildman–Crippen MR) is 102 cm³/mol. The zero-order valence-electron chi connectivity index (χ0n) is 15.6. The van der Waals surface area contributed by atoms with Crippen molar-refractivity contribution in [2.45, 2.75) is 38.4 Å². The van der Waals surface area contributed by atoms with E-state index >= 15 is 0 Å². The number of carbonyl (C=O) groups excluding carboxylic acids is 1. The molecule has 1 amide bonds. The Kier molecular flexibility index (Phi) is 8.94. The zero-order chi connectivity index (χ0) is 19.5. The van der Waals surface area contributed by atoms with Crippen molar-refractivity contribution < 1.29 is 24.6 Å². The van der Waals surface area contributed by atoms with Crippen LogP contribution in [0, 0.1) is 0 Å². The lowest BCUT2D eigenvalue weighted by Gasteiger charge is -2.12. The summed E-state index contributed by atoms with van der Waals surface area (Å²) in [7, 11) is 1.60. The van der Waals surface area contributed by atoms with E-state index in [4.69, 9.17) is 14.7 Å². The van der Waals surface area contributed by atoms with E-state index in [1.54, 1.807) is 12.6 Å². The van der Waals surface area contributed by atoms with Crippen molar-refractivity contribution in [3.63, 3.8) is 0 Å². The van der Waals surface area contributed by atoms with Gasteiger partial charge in [-0.05, 0) is 35.1 Å². The topological polar surface area (TPSA) is 88.0 Å². The maximum absolute atomic E-state index is 10.9. The second-order valence-electron chi connectivity index (χ2n) is 6.37. The Hall–Kier alpha value is -2.25. The maximum atomic E-state index is 10.9. The van der Waals surface area contributed by atoms with E-state index in [0.717, 1.165) is 22.3 Å². The molecule has 0 bridgehead atoms. The summed E-state index contributed by atoms with van der Waals surface area (Å²) >= 11 is 0. The third-order valence-corrected chi connectivity index (χ3v) is 4.31. The average Bonchev–Trinajstić information content (AvgIpc) is 2.71. The molecule has 0 saturated heterocycles. The van der Waals surface area contributed by atoms with E-state index in [1.165, 1.54) is 0 Å². The van der Waals surface area contributed by atoms with Crippen molar-refractivity contribution in [1.29, 1.82) is 0 Å². The number of unbranched alkanes of at least 4 members (excludes halogenated alkanes) is 1. The zero-order valence-corrected chi connectivity index (χ0v) is 15.6. The lowest BCUT2D eigenvalue weighted by Crippen LogP contribution is -2.17. The van der Waals surface area contributed by atoms with E-state index in [-0.39, 0.29) is 13.2 Å². The molecule has 146 valence electrons. The van der Waals surface area contributed by atoms with Crippen molar-refractivity contribution >= 4 is 5.91 Å². The van der Waals surface area contributed by atoms with Gasteiger partial charge in [0.15, 0.2) is 0 Å². The number of nitrogens with one attached hydrogen (secondary N) is 1. The lowest BCUT2D eigenvalue weighted by molar-refractivity contribution is -0.129. The van der Waals surface area contributed by atoms with Crippen LogP contribution in [-0.4, -0.2) is 30.1 Å². The highest BCUT2D eigenvalue weighted by atomic mass is 16.7. The van der Waals surface area contributed by atoms with Crippen LogP contribution in [0.5, 0.6) is 0 Å². The number of methoxy groups -OCH3 is 1. The van der Waals surface area contributed by atoms with Gasteiger partial charge >= 0.3 is 0 Å². The molecule has 1 unspecified atom stereocenters. The van der Waals surface area contributed by atoms with Gasteiger partial charge < -0.3 is 14.6 Å². The number of aliphatic hydroxyl groups excluding tert-OH is 1. The van der Waals surface area contributed by atoms with Crippen molar-refractivity contribution in [2.75, 3.05) is 13.9 Å². The molecule has 1 atom stereocenters. The van der Waals surface area contributed by atoms with Gasteiger partial charge in [0.1, 0.15) is 6.79 Å². The molecular weight excluding hydrogens is 346 g/mol. The average molecular weight is 373 g/mol. The normalized spacial score (nSPS) is 12.0. The molecule has 6 nitrogen and oxygen atoms in total. The molecule has 0 aliphatic carbocycles. The fraction of sp³-hybridized carbons (Fsp3) is 0.381. The highest BCUT2D eigenvalue weighted by molar-refractivity contribution is 5.74. The molecule has 0 heterocycles. The summed E-state index contributed by atoms with van der Waals surface area (Å²) in [6.45, 7) is 0.791. The van der Waals surface area contributed by atoms with Crippen LogP contribution in [0.2, 0.25) is 0 Å². The Labute approximate surface area is 159 Å². The first-order valence-electron chi connectivity index (χ1n) is 9.01. The number of carbonyl (C=O) groups is 1. The molecule has 2 aromatic rings. The van der Waals surface area contributed by atoms with Gasteiger partial charge in [0.2, 0.25) is 5.91 Å². The molecule has 0 aliphatic heterocycles. The van der Waals surface area contributed by atoms with Gasteiger partial charge in [-0.1, -0.05) is 55.0 Å². The molecule has 0 radical (unpaired) electrons. The van der Waals surface area contributed by atoms with Gasteiger partial charge in [-0.3, -0.25) is 10.0 Å². The first kappa shape index (κ1) is 21.1. The standard InChI is InChI=1S/C21H27NO5/c1-26-15-27-14-16-6-8-17(9-7-16)18-10-12-19(13-11-18)20(23)4-2-3-5-21(24)22-25/h6-13,20,23,25H,2-5,14-15H2,1H3,(H,22,24). The molecule has 2 aromatic carbocycles. The Bertz CT molecular complexity index is 685. The SMILES string of the molecule is COCOCc1ccc(-c2ccc(C(O)CCCCC(=O)NO)cc2)cc1. The number of aliphatic hydroxyl groups is 1. The largest absolute Gasteiger partial charge is 0.388 e. The number of rotatable bonds is 11. The van der Waals surface area contributed by atoms with E-state index < -0.39 is 12.0 Å². The molecule has 0 aromatic heterocycles. The van der Waals surface area contributed by atoms with Crippen molar-refractivity contribution in [1.82, 2.24) is 5.48 Å². The number of hydrogen-bond donors (Lipinski definition) is 3. The predicted octanol–water partition coefficient (Wildman–Crippen LogP) is 3.57. The van der Waals surface area contributed by atoms with Gasteiger partial charge in [-0.15, -0.1) is 0 Å². The summed E-state index contributed by atoms with van der Waals surface area (Å²) in [6, 6.07) is 16.0. The summed E-state index contributed by atoms with van der Waals surface area (Å²) < 4.78 is 10.2. The van der Waals surface area contributed by atoms with Gasteiger partial charge in [0.05, 0.1) is 12.7 Å². The molecule has 0 aliphatic rings. The third kappa shape index (κ3) is 7.11. The second kappa shape index (κ2) is 11.5. The third-order valence-electron chi connectivity index (χ3n) is 4.31. The van der Waals surface area contributed by atoms with E-state index in [9.17, 15) is 9.90 Å². The van der Waals surface area contributed by atoms with Gasteiger partial charge in [-0.2, -0.15) is 0 Å². The summed E-state index contributed by atoms with van der Waals surface area (Å²) in [6.07, 6.45) is 1.62. The first-order valence-corrected chi connectivity index (χ1v) is 9.01. The summed E-state index contributed by atoms with van der Waals surface area (Å²) in [5.74, 6) is -0.398. The van der Waals surface area contributed by atoms with Crippen LogP contribution in [0.25, 0.3) is 11.1 Å². The Morgan fingerprint density at radius 3 is 2.26 bits per heavy atom. The van der Waals surface area contributed by atoms with Crippen LogP contribution >= 0.6 is 0 Å². The van der Waals surface area contributed by atoms with Crippen LogP contribution in [0.3, 0.4) is 0 Å². The minimum Gasteiger partial charge on any atom is -0.388 e. The number of amides is 1. The van der Waals surface area contributed by atoms with E-state index in [2.05, 4.69) is 0 Å². The smallest absolute Gasteiger partial charge is 0.243 e. The number of hydrogen-bond acceptors (Lipinski definition) is 5. The van der Waals surface area contributed by atoms with E-state index in [1.807, 2.05) is 48.5 Å². The van der Waals surface area contributed by atoms with Gasteiger partial charge in [0.25, 0.3) is 0 Å². The first-order chi connectivity index (χ1) is 13.1. The molecule has 6 heteroatoms. The number of benzene rings is 2. The van der Waals surface area contributed by atoms with Crippen LogP contribution in [-0.2, 0) is 20.9 Å². The molecular formula is C21H27NO5. The maximum Gasteiger partial charge on any atom is 0.243 e. The number of ether oxygens (including phenoxy) is 2. The summed E-state index contributed by atoms with van der Waals surface area (Å²) in [4.78, 5) is 10.9. The molecule has 0 spiro atoms. The molecule has 0 saturated carbocycles. The molecule has 3 N–H and O–H groups in total.